The molecule has 1 aliphatic heterocycles. The van der Waals surface area contributed by atoms with E-state index in [4.69, 9.17) is 0 Å². The van der Waals surface area contributed by atoms with Crippen LogP contribution in [-0.4, -0.2) is 23.2 Å². The quantitative estimate of drug-likeness (QED) is 0.846. The van der Waals surface area contributed by atoms with Gasteiger partial charge in [0.15, 0.2) is 0 Å². The molecule has 2 unspecified atom stereocenters. The summed E-state index contributed by atoms with van der Waals surface area (Å²) in [7, 11) is 0. The number of hydrogen-bond acceptors (Lipinski definition) is 3. The second kappa shape index (κ2) is 8.12. The highest BCUT2D eigenvalue weighted by Crippen LogP contribution is 2.15. The molecule has 3 nitrogen and oxygen atoms in total. The smallest absolute Gasteiger partial charge is 0.223 e. The number of carbonyl (C=O) groups is 1. The molecule has 0 aliphatic carbocycles. The Morgan fingerprint density at radius 2 is 2.15 bits per heavy atom. The molecule has 1 amide bonds. The molecule has 1 aromatic carbocycles. The zero-order valence-electron chi connectivity index (χ0n) is 11.8. The minimum atomic E-state index is 0.0354. The van der Waals surface area contributed by atoms with Gasteiger partial charge in [-0.2, -0.15) is 0 Å². The zero-order chi connectivity index (χ0) is 14.2. The van der Waals surface area contributed by atoms with Crippen molar-refractivity contribution in [3.05, 3.63) is 42.0 Å². The lowest BCUT2D eigenvalue weighted by Gasteiger charge is -2.30. The molecule has 1 saturated heterocycles. The Morgan fingerprint density at radius 1 is 1.35 bits per heavy atom. The van der Waals surface area contributed by atoms with Crippen molar-refractivity contribution in [3.8, 4) is 0 Å². The van der Waals surface area contributed by atoms with Gasteiger partial charge in [-0.15, -0.1) is 11.8 Å². The van der Waals surface area contributed by atoms with E-state index in [2.05, 4.69) is 41.8 Å². The molecule has 1 aliphatic rings. The Bertz CT molecular complexity index is 447. The highest BCUT2D eigenvalue weighted by atomic mass is 32.2. The van der Waals surface area contributed by atoms with Crippen LogP contribution < -0.4 is 10.6 Å². The van der Waals surface area contributed by atoms with E-state index < -0.39 is 0 Å². The Morgan fingerprint density at radius 3 is 2.90 bits per heavy atom. The lowest BCUT2D eigenvalue weighted by Crippen LogP contribution is -2.54. The van der Waals surface area contributed by atoms with Crippen molar-refractivity contribution in [2.24, 2.45) is 0 Å². The molecule has 2 N–H and O–H groups in total. The topological polar surface area (TPSA) is 41.1 Å². The van der Waals surface area contributed by atoms with E-state index in [0.717, 1.165) is 18.6 Å². The molecule has 4 heteroatoms. The van der Waals surface area contributed by atoms with Gasteiger partial charge < -0.3 is 5.32 Å². The summed E-state index contributed by atoms with van der Waals surface area (Å²) in [6.45, 7) is 2.15. The number of carbonyl (C=O) groups excluding carboxylic acids is 1. The van der Waals surface area contributed by atoms with Crippen molar-refractivity contribution in [2.75, 3.05) is 5.75 Å². The molecule has 1 heterocycles. The first-order valence-corrected chi connectivity index (χ1v) is 8.21. The third kappa shape index (κ3) is 5.02. The van der Waals surface area contributed by atoms with E-state index in [1.54, 1.807) is 11.8 Å². The Labute approximate surface area is 125 Å². The Balaban J connectivity index is 1.75. The number of hydrogen-bond donors (Lipinski definition) is 2. The van der Waals surface area contributed by atoms with Crippen LogP contribution in [0.3, 0.4) is 0 Å². The molecule has 1 fully saturated rings. The van der Waals surface area contributed by atoms with Crippen molar-refractivity contribution >= 4 is 23.7 Å². The largest absolute Gasteiger partial charge is 0.332 e. The highest BCUT2D eigenvalue weighted by molar-refractivity contribution is 8.00. The number of amides is 1. The molecule has 20 heavy (non-hydrogen) atoms. The molecule has 1 aromatic rings. The predicted molar refractivity (Wildman–Crippen MR) is 86.3 cm³/mol. The van der Waals surface area contributed by atoms with Crippen LogP contribution in [0.4, 0.5) is 0 Å². The van der Waals surface area contributed by atoms with Gasteiger partial charge in [-0.25, -0.2) is 0 Å². The number of rotatable bonds is 6. The SMILES string of the molecule is CCCC1CC(=O)NC(SC/C=C/c2ccccc2)N1. The first-order chi connectivity index (χ1) is 9.78. The summed E-state index contributed by atoms with van der Waals surface area (Å²) in [4.78, 5) is 11.6. The van der Waals surface area contributed by atoms with Crippen molar-refractivity contribution in [2.45, 2.75) is 37.7 Å². The van der Waals surface area contributed by atoms with Crippen LogP contribution in [0.2, 0.25) is 0 Å². The van der Waals surface area contributed by atoms with E-state index in [0.29, 0.717) is 12.5 Å². The van der Waals surface area contributed by atoms with Gasteiger partial charge >= 0.3 is 0 Å². The molecule has 0 aromatic heterocycles. The first kappa shape index (κ1) is 15.1. The Hall–Kier alpha value is -1.26. The predicted octanol–water partition coefficient (Wildman–Crippen LogP) is 2.99. The van der Waals surface area contributed by atoms with Crippen molar-refractivity contribution in [1.82, 2.24) is 10.6 Å². The minimum Gasteiger partial charge on any atom is -0.332 e. The molecule has 0 radical (unpaired) electrons. The average molecular weight is 290 g/mol. The van der Waals surface area contributed by atoms with E-state index in [1.807, 2.05) is 18.2 Å². The maximum Gasteiger partial charge on any atom is 0.223 e. The standard InChI is InChI=1S/C16H22N2OS/c1-2-7-14-12-15(19)18-16(17-14)20-11-6-10-13-8-4-3-5-9-13/h3-6,8-10,14,16-17H,2,7,11-12H2,1H3,(H,18,19)/b10-6+. The fourth-order valence-electron chi connectivity index (χ4n) is 2.27. The molecule has 2 rings (SSSR count). The fourth-order valence-corrected chi connectivity index (χ4v) is 3.17. The maximum absolute atomic E-state index is 11.6. The third-order valence-corrected chi connectivity index (χ3v) is 4.19. The fraction of sp³-hybridized carbons (Fsp3) is 0.438. The minimum absolute atomic E-state index is 0.0354. The van der Waals surface area contributed by atoms with Crippen LogP contribution >= 0.6 is 11.8 Å². The summed E-state index contributed by atoms with van der Waals surface area (Å²) in [6, 6.07) is 10.6. The summed E-state index contributed by atoms with van der Waals surface area (Å²) < 4.78 is 0. The molecular weight excluding hydrogens is 268 g/mol. The van der Waals surface area contributed by atoms with Gasteiger partial charge in [0.05, 0.1) is 0 Å². The Kier molecular flexibility index (Phi) is 6.15. The summed E-state index contributed by atoms with van der Waals surface area (Å²) in [5, 5.41) is 6.46. The van der Waals surface area contributed by atoms with Crippen LogP contribution in [0.5, 0.6) is 0 Å². The van der Waals surface area contributed by atoms with Crippen LogP contribution in [0.15, 0.2) is 36.4 Å². The van der Waals surface area contributed by atoms with Gasteiger partial charge in [0.25, 0.3) is 0 Å². The maximum atomic E-state index is 11.6. The van der Waals surface area contributed by atoms with Crippen LogP contribution in [0.25, 0.3) is 6.08 Å². The zero-order valence-corrected chi connectivity index (χ0v) is 12.7. The first-order valence-electron chi connectivity index (χ1n) is 7.16. The van der Waals surface area contributed by atoms with Gasteiger partial charge in [-0.05, 0) is 12.0 Å². The van der Waals surface area contributed by atoms with Gasteiger partial charge in [-0.1, -0.05) is 55.8 Å². The van der Waals surface area contributed by atoms with E-state index in [9.17, 15) is 4.79 Å². The normalized spacial score (nSPS) is 22.9. The van der Waals surface area contributed by atoms with Crippen molar-refractivity contribution < 1.29 is 4.79 Å². The lowest BCUT2D eigenvalue weighted by molar-refractivity contribution is -0.123. The molecule has 0 spiro atoms. The van der Waals surface area contributed by atoms with Gasteiger partial charge in [0.1, 0.15) is 5.50 Å². The summed E-state index contributed by atoms with van der Waals surface area (Å²) in [5.74, 6) is 1.04. The molecule has 2 atom stereocenters. The van der Waals surface area contributed by atoms with Gasteiger partial charge in [-0.3, -0.25) is 10.1 Å². The second-order valence-corrected chi connectivity index (χ2v) is 6.09. The monoisotopic (exact) mass is 290 g/mol. The molecule has 108 valence electrons. The summed E-state index contributed by atoms with van der Waals surface area (Å²) in [6.07, 6.45) is 7.02. The van der Waals surface area contributed by atoms with Gasteiger partial charge in [0, 0.05) is 18.2 Å². The van der Waals surface area contributed by atoms with Crippen LogP contribution in [-0.2, 0) is 4.79 Å². The summed E-state index contributed by atoms with van der Waals surface area (Å²) in [5.41, 5.74) is 1.24. The number of thioether (sulfide) groups is 1. The molecule has 0 bridgehead atoms. The summed E-state index contributed by atoms with van der Waals surface area (Å²) >= 11 is 1.72. The molecule has 0 saturated carbocycles. The van der Waals surface area contributed by atoms with E-state index in [1.165, 1.54) is 5.56 Å². The average Bonchev–Trinajstić information content (AvgIpc) is 2.45. The molecular formula is C16H22N2OS. The van der Waals surface area contributed by atoms with E-state index >= 15 is 0 Å². The lowest BCUT2D eigenvalue weighted by atomic mass is 10.1. The van der Waals surface area contributed by atoms with E-state index in [-0.39, 0.29) is 11.4 Å². The van der Waals surface area contributed by atoms with Crippen LogP contribution in [0.1, 0.15) is 31.7 Å². The highest BCUT2D eigenvalue weighted by Gasteiger charge is 2.24. The third-order valence-electron chi connectivity index (χ3n) is 3.22. The second-order valence-electron chi connectivity index (χ2n) is 4.95. The van der Waals surface area contributed by atoms with Crippen molar-refractivity contribution in [3.63, 3.8) is 0 Å². The number of nitrogens with one attached hydrogen (secondary N) is 2. The van der Waals surface area contributed by atoms with Crippen molar-refractivity contribution in [1.29, 1.82) is 0 Å². The van der Waals surface area contributed by atoms with Gasteiger partial charge in [0.2, 0.25) is 5.91 Å². The van der Waals surface area contributed by atoms with Crippen LogP contribution in [0, 0.1) is 0 Å². The number of benzene rings is 1.